The smallest absolute Gasteiger partial charge is 0.257 e. The Kier molecular flexibility index (Phi) is 4.02. The van der Waals surface area contributed by atoms with Crippen molar-refractivity contribution in [3.63, 3.8) is 0 Å². The van der Waals surface area contributed by atoms with E-state index >= 15 is 0 Å². The third-order valence-electron chi connectivity index (χ3n) is 2.74. The number of aromatic nitrogens is 1. The molecule has 0 bridgehead atoms. The number of halogens is 1. The maximum absolute atomic E-state index is 12.2. The summed E-state index contributed by atoms with van der Waals surface area (Å²) in [7, 11) is 1.66. The Morgan fingerprint density at radius 3 is 2.79 bits per heavy atom. The van der Waals surface area contributed by atoms with Gasteiger partial charge in [-0.15, -0.1) is 0 Å². The number of hydrogen-bond acceptors (Lipinski definition) is 3. The number of hydrogen-bond donors (Lipinski definition) is 1. The lowest BCUT2D eigenvalue weighted by Gasteiger charge is -2.18. The number of benzene rings is 1. The molecule has 1 aromatic heterocycles. The van der Waals surface area contributed by atoms with Crippen molar-refractivity contribution in [2.45, 2.75) is 6.54 Å². The van der Waals surface area contributed by atoms with Crippen molar-refractivity contribution < 1.29 is 9.90 Å². The Hall–Kier alpha value is -2.07. The Labute approximate surface area is 116 Å². The van der Waals surface area contributed by atoms with Gasteiger partial charge in [0, 0.05) is 24.8 Å². The number of carbonyl (C=O) groups excluding carboxylic acids is 1. The minimum absolute atomic E-state index is 0.126. The minimum atomic E-state index is -0.278. The van der Waals surface area contributed by atoms with Gasteiger partial charge in [0.05, 0.1) is 11.8 Å². The molecule has 0 aliphatic carbocycles. The minimum Gasteiger partial charge on any atom is -0.505 e. The maximum atomic E-state index is 12.2. The molecule has 0 atom stereocenters. The van der Waals surface area contributed by atoms with Crippen molar-refractivity contribution in [2.75, 3.05) is 7.05 Å². The summed E-state index contributed by atoms with van der Waals surface area (Å²) in [5, 5.41) is 10.2. The molecule has 1 aromatic carbocycles. The van der Waals surface area contributed by atoms with Crippen molar-refractivity contribution in [3.05, 3.63) is 58.9 Å². The third-order valence-corrected chi connectivity index (χ3v) is 3.11. The molecule has 0 saturated heterocycles. The molecule has 0 saturated carbocycles. The van der Waals surface area contributed by atoms with E-state index < -0.39 is 0 Å². The predicted octanol–water partition coefficient (Wildman–Crippen LogP) is 2.71. The van der Waals surface area contributed by atoms with Crippen LogP contribution >= 0.6 is 11.6 Å². The summed E-state index contributed by atoms with van der Waals surface area (Å²) in [4.78, 5) is 17.4. The van der Waals surface area contributed by atoms with Crippen LogP contribution in [0.25, 0.3) is 0 Å². The van der Waals surface area contributed by atoms with Gasteiger partial charge >= 0.3 is 0 Å². The Bertz CT molecular complexity index is 602. The zero-order valence-electron chi connectivity index (χ0n) is 10.4. The lowest BCUT2D eigenvalue weighted by atomic mass is 10.2. The predicted molar refractivity (Wildman–Crippen MR) is 73.2 cm³/mol. The van der Waals surface area contributed by atoms with Gasteiger partial charge in [0.15, 0.2) is 0 Å². The summed E-state index contributed by atoms with van der Waals surface area (Å²) in [6.07, 6.45) is 2.72. The van der Waals surface area contributed by atoms with E-state index in [2.05, 4.69) is 4.98 Å². The largest absolute Gasteiger partial charge is 0.505 e. The van der Waals surface area contributed by atoms with Gasteiger partial charge in [0.2, 0.25) is 0 Å². The second-order valence-corrected chi connectivity index (χ2v) is 4.55. The zero-order chi connectivity index (χ0) is 13.8. The summed E-state index contributed by atoms with van der Waals surface area (Å²) in [6.45, 7) is 0.375. The lowest BCUT2D eigenvalue weighted by Crippen LogP contribution is -2.26. The van der Waals surface area contributed by atoms with E-state index in [4.69, 9.17) is 11.6 Å². The highest BCUT2D eigenvalue weighted by Gasteiger charge is 2.16. The SMILES string of the molecule is CN(Cc1ccccc1Cl)C(=O)c1ccncc1O. The first-order valence-electron chi connectivity index (χ1n) is 5.71. The highest BCUT2D eigenvalue weighted by atomic mass is 35.5. The molecule has 0 aliphatic heterocycles. The van der Waals surface area contributed by atoms with E-state index in [-0.39, 0.29) is 17.2 Å². The molecule has 1 N–H and O–H groups in total. The summed E-state index contributed by atoms with van der Waals surface area (Å²) in [6, 6.07) is 8.82. The van der Waals surface area contributed by atoms with E-state index in [0.717, 1.165) is 5.56 Å². The van der Waals surface area contributed by atoms with Crippen LogP contribution in [0, 0.1) is 0 Å². The molecule has 0 radical (unpaired) electrons. The molecule has 0 spiro atoms. The van der Waals surface area contributed by atoms with E-state index in [1.807, 2.05) is 18.2 Å². The van der Waals surface area contributed by atoms with Gasteiger partial charge < -0.3 is 10.0 Å². The number of amides is 1. The van der Waals surface area contributed by atoms with Gasteiger partial charge in [-0.1, -0.05) is 29.8 Å². The van der Waals surface area contributed by atoms with Gasteiger partial charge in [0.25, 0.3) is 5.91 Å². The fourth-order valence-corrected chi connectivity index (χ4v) is 1.92. The van der Waals surface area contributed by atoms with Crippen LogP contribution in [-0.4, -0.2) is 27.9 Å². The number of rotatable bonds is 3. The lowest BCUT2D eigenvalue weighted by molar-refractivity contribution is 0.0782. The third kappa shape index (κ3) is 3.03. The summed E-state index contributed by atoms with van der Waals surface area (Å²) in [5.41, 5.74) is 1.08. The van der Waals surface area contributed by atoms with Crippen LogP contribution in [-0.2, 0) is 6.54 Å². The maximum Gasteiger partial charge on any atom is 0.257 e. The molecular weight excluding hydrogens is 264 g/mol. The molecule has 98 valence electrons. The molecule has 0 aliphatic rings. The highest BCUT2D eigenvalue weighted by molar-refractivity contribution is 6.31. The Morgan fingerprint density at radius 1 is 1.37 bits per heavy atom. The molecule has 2 aromatic rings. The highest BCUT2D eigenvalue weighted by Crippen LogP contribution is 2.20. The first-order chi connectivity index (χ1) is 9.09. The van der Waals surface area contributed by atoms with Crippen LogP contribution < -0.4 is 0 Å². The summed E-state index contributed by atoms with van der Waals surface area (Å²) in [5.74, 6) is -0.404. The topological polar surface area (TPSA) is 53.4 Å². The molecule has 2 rings (SSSR count). The van der Waals surface area contributed by atoms with Crippen LogP contribution in [0.3, 0.4) is 0 Å². The Morgan fingerprint density at radius 2 is 2.11 bits per heavy atom. The van der Waals surface area contributed by atoms with E-state index in [0.29, 0.717) is 11.6 Å². The van der Waals surface area contributed by atoms with Crippen molar-refractivity contribution in [2.24, 2.45) is 0 Å². The fraction of sp³-hybridized carbons (Fsp3) is 0.143. The average Bonchev–Trinajstić information content (AvgIpc) is 2.41. The molecule has 0 fully saturated rings. The summed E-state index contributed by atoms with van der Waals surface area (Å²) >= 11 is 6.05. The first-order valence-corrected chi connectivity index (χ1v) is 6.09. The van der Waals surface area contributed by atoms with E-state index in [1.165, 1.54) is 23.4 Å². The van der Waals surface area contributed by atoms with Gasteiger partial charge in [-0.05, 0) is 17.7 Å². The van der Waals surface area contributed by atoms with Crippen LogP contribution in [0.15, 0.2) is 42.7 Å². The molecule has 19 heavy (non-hydrogen) atoms. The number of pyridine rings is 1. The summed E-state index contributed by atoms with van der Waals surface area (Å²) < 4.78 is 0. The normalized spacial score (nSPS) is 10.2. The van der Waals surface area contributed by atoms with Crippen LogP contribution in [0.2, 0.25) is 5.02 Å². The fourth-order valence-electron chi connectivity index (χ4n) is 1.73. The second kappa shape index (κ2) is 5.71. The molecule has 1 amide bonds. The van der Waals surface area contributed by atoms with E-state index in [1.54, 1.807) is 13.1 Å². The molecule has 4 nitrogen and oxygen atoms in total. The Balaban J connectivity index is 2.17. The molecule has 1 heterocycles. The molecule has 5 heteroatoms. The second-order valence-electron chi connectivity index (χ2n) is 4.15. The standard InChI is InChI=1S/C14H13ClN2O2/c1-17(9-10-4-2-3-5-12(10)15)14(19)11-6-7-16-8-13(11)18/h2-8,18H,9H2,1H3. The van der Waals surface area contributed by atoms with Crippen molar-refractivity contribution in [1.82, 2.24) is 9.88 Å². The quantitative estimate of drug-likeness (QED) is 0.938. The van der Waals surface area contributed by atoms with Crippen molar-refractivity contribution >= 4 is 17.5 Å². The van der Waals surface area contributed by atoms with Crippen LogP contribution in [0.5, 0.6) is 5.75 Å². The van der Waals surface area contributed by atoms with Crippen LogP contribution in [0.4, 0.5) is 0 Å². The van der Waals surface area contributed by atoms with Gasteiger partial charge in [0.1, 0.15) is 5.75 Å². The van der Waals surface area contributed by atoms with Crippen LogP contribution in [0.1, 0.15) is 15.9 Å². The van der Waals surface area contributed by atoms with Crippen molar-refractivity contribution in [1.29, 1.82) is 0 Å². The van der Waals surface area contributed by atoms with Crippen molar-refractivity contribution in [3.8, 4) is 5.75 Å². The number of nitrogens with zero attached hydrogens (tertiary/aromatic N) is 2. The van der Waals surface area contributed by atoms with Gasteiger partial charge in [-0.2, -0.15) is 0 Å². The number of aromatic hydroxyl groups is 1. The van der Waals surface area contributed by atoms with E-state index in [9.17, 15) is 9.90 Å². The zero-order valence-corrected chi connectivity index (χ0v) is 11.1. The van der Waals surface area contributed by atoms with Gasteiger partial charge in [-0.3, -0.25) is 9.78 Å². The molecule has 0 unspecified atom stereocenters. The molecular formula is C14H13ClN2O2. The monoisotopic (exact) mass is 276 g/mol. The first kappa shape index (κ1) is 13.4. The number of carbonyl (C=O) groups is 1. The average molecular weight is 277 g/mol. The van der Waals surface area contributed by atoms with Gasteiger partial charge in [-0.25, -0.2) is 0 Å².